The Balaban J connectivity index is 1.54. The van der Waals surface area contributed by atoms with Gasteiger partial charge in [-0.05, 0) is 42.3 Å². The van der Waals surface area contributed by atoms with Crippen LogP contribution in [0.15, 0.2) is 71.9 Å². The number of pyridine rings is 1. The maximum Gasteiger partial charge on any atom is 0.296 e. The van der Waals surface area contributed by atoms with Crippen LogP contribution in [-0.2, 0) is 14.5 Å². The molecule has 7 nitrogen and oxygen atoms in total. The molecule has 4 rings (SSSR count). The monoisotopic (exact) mass is 429 g/mol. The van der Waals surface area contributed by atoms with Crippen molar-refractivity contribution in [3.63, 3.8) is 0 Å². The number of benzene rings is 2. The molecule has 0 spiro atoms. The molecule has 2 amide bonds. The summed E-state index contributed by atoms with van der Waals surface area (Å²) in [7, 11) is -3.02. The SMILES string of the molecule is C=S(=O)(NC(=O)c1cncc(C#Cc2ccc3c(c2)C(=O)C(=O)N3)c1)c1ccccc1. The van der Waals surface area contributed by atoms with Gasteiger partial charge in [0.05, 0.1) is 26.5 Å². The quantitative estimate of drug-likeness (QED) is 0.377. The van der Waals surface area contributed by atoms with Crippen LogP contribution in [0.4, 0.5) is 5.69 Å². The standard InChI is InChI=1S/C23H15N3O4S/c1-31(30,18-5-3-2-4-6-18)26-22(28)17-11-16(13-24-14-17)8-7-15-9-10-20-19(12-15)21(27)23(29)25-20/h2-6,9-14H,1H2,(H,25,27,29)(H,26,28,30). The minimum atomic E-state index is -3.02. The minimum absolute atomic E-state index is 0.179. The lowest BCUT2D eigenvalue weighted by Crippen LogP contribution is -2.30. The zero-order chi connectivity index (χ0) is 22.0. The van der Waals surface area contributed by atoms with Crippen molar-refractivity contribution in [2.24, 2.45) is 0 Å². The molecule has 1 aliphatic rings. The van der Waals surface area contributed by atoms with E-state index >= 15 is 0 Å². The van der Waals surface area contributed by atoms with E-state index in [0.29, 0.717) is 21.7 Å². The summed E-state index contributed by atoms with van der Waals surface area (Å²) in [6.07, 6.45) is 2.82. The molecule has 0 fully saturated rings. The summed E-state index contributed by atoms with van der Waals surface area (Å²) in [5.41, 5.74) is 1.88. The first-order valence-electron chi connectivity index (χ1n) is 9.05. The Morgan fingerprint density at radius 3 is 2.52 bits per heavy atom. The molecular weight excluding hydrogens is 414 g/mol. The van der Waals surface area contributed by atoms with Crippen LogP contribution in [0, 0.1) is 11.8 Å². The van der Waals surface area contributed by atoms with Crippen LogP contribution in [0.5, 0.6) is 0 Å². The number of ketones is 1. The van der Waals surface area contributed by atoms with E-state index in [1.807, 2.05) is 0 Å². The average Bonchev–Trinajstić information content (AvgIpc) is 3.06. The fourth-order valence-corrected chi connectivity index (χ4v) is 4.04. The largest absolute Gasteiger partial charge is 0.318 e. The highest BCUT2D eigenvalue weighted by atomic mass is 32.2. The molecule has 0 aliphatic carbocycles. The van der Waals surface area contributed by atoms with Crippen molar-refractivity contribution < 1.29 is 18.6 Å². The number of hydrogen-bond acceptors (Lipinski definition) is 5. The van der Waals surface area contributed by atoms with Crippen LogP contribution in [0.3, 0.4) is 0 Å². The molecule has 2 aromatic carbocycles. The lowest BCUT2D eigenvalue weighted by Gasteiger charge is -2.11. The number of fused-ring (bicyclic) bond motifs is 1. The van der Waals surface area contributed by atoms with Crippen LogP contribution in [0.25, 0.3) is 0 Å². The first-order valence-corrected chi connectivity index (χ1v) is 10.8. The number of amides is 2. The van der Waals surface area contributed by atoms with Gasteiger partial charge in [0.25, 0.3) is 17.6 Å². The first kappa shape index (κ1) is 20.1. The molecule has 0 radical (unpaired) electrons. The lowest BCUT2D eigenvalue weighted by molar-refractivity contribution is -0.112. The fourth-order valence-electron chi connectivity index (χ4n) is 2.90. The highest BCUT2D eigenvalue weighted by Gasteiger charge is 2.27. The number of anilines is 1. The molecule has 1 aliphatic heterocycles. The van der Waals surface area contributed by atoms with E-state index in [0.717, 1.165) is 0 Å². The zero-order valence-electron chi connectivity index (χ0n) is 16.0. The highest BCUT2D eigenvalue weighted by molar-refractivity contribution is 7.99. The number of Topliss-reactive ketones (excluding diaryl/α,β-unsaturated/α-hetero) is 1. The van der Waals surface area contributed by atoms with Crippen molar-refractivity contribution in [1.82, 2.24) is 9.71 Å². The van der Waals surface area contributed by atoms with Gasteiger partial charge in [0.15, 0.2) is 0 Å². The summed E-state index contributed by atoms with van der Waals surface area (Å²) in [5, 5.41) is 2.48. The Labute approximate surface area is 178 Å². The normalized spacial score (nSPS) is 13.9. The van der Waals surface area contributed by atoms with E-state index in [2.05, 4.69) is 32.7 Å². The van der Waals surface area contributed by atoms with Crippen molar-refractivity contribution in [3.8, 4) is 11.8 Å². The van der Waals surface area contributed by atoms with Crippen molar-refractivity contribution in [2.75, 3.05) is 5.32 Å². The van der Waals surface area contributed by atoms with Crippen LogP contribution >= 0.6 is 0 Å². The number of rotatable bonds is 3. The van der Waals surface area contributed by atoms with E-state index in [1.165, 1.54) is 24.5 Å². The number of nitrogens with zero attached hydrogens (tertiary/aromatic N) is 1. The minimum Gasteiger partial charge on any atom is -0.318 e. The molecular formula is C23H15N3O4S. The Bertz CT molecular complexity index is 1400. The second kappa shape index (κ2) is 7.89. The molecule has 2 heterocycles. The van der Waals surface area contributed by atoms with Gasteiger partial charge in [0.1, 0.15) is 0 Å². The summed E-state index contributed by atoms with van der Waals surface area (Å²) >= 11 is 0. The van der Waals surface area contributed by atoms with Crippen LogP contribution < -0.4 is 10.0 Å². The molecule has 0 saturated heterocycles. The molecule has 0 bridgehead atoms. The van der Waals surface area contributed by atoms with Crippen molar-refractivity contribution in [2.45, 2.75) is 4.90 Å². The molecule has 3 aromatic rings. The number of nitrogens with one attached hydrogen (secondary N) is 2. The third-order valence-corrected chi connectivity index (χ3v) is 6.00. The van der Waals surface area contributed by atoms with Gasteiger partial charge >= 0.3 is 0 Å². The molecule has 31 heavy (non-hydrogen) atoms. The van der Waals surface area contributed by atoms with Gasteiger partial charge in [-0.1, -0.05) is 30.0 Å². The molecule has 1 aromatic heterocycles. The van der Waals surface area contributed by atoms with Gasteiger partial charge in [-0.15, -0.1) is 0 Å². The van der Waals surface area contributed by atoms with Crippen molar-refractivity contribution in [3.05, 3.63) is 89.2 Å². The number of carbonyl (C=O) groups is 3. The van der Waals surface area contributed by atoms with E-state index in [9.17, 15) is 18.6 Å². The molecule has 2 N–H and O–H groups in total. The summed E-state index contributed by atoms with van der Waals surface area (Å²) < 4.78 is 15.2. The van der Waals surface area contributed by atoms with Gasteiger partial charge in [0, 0.05) is 28.4 Å². The van der Waals surface area contributed by atoms with Crippen molar-refractivity contribution >= 4 is 38.9 Å². The maximum absolute atomic E-state index is 12.8. The van der Waals surface area contributed by atoms with Gasteiger partial charge < -0.3 is 5.32 Å². The maximum atomic E-state index is 12.8. The Morgan fingerprint density at radius 1 is 1.00 bits per heavy atom. The predicted octanol–water partition coefficient (Wildman–Crippen LogP) is 2.04. The van der Waals surface area contributed by atoms with E-state index < -0.39 is 27.3 Å². The average molecular weight is 429 g/mol. The topological polar surface area (TPSA) is 105 Å². The second-order valence-electron chi connectivity index (χ2n) is 6.68. The van der Waals surface area contributed by atoms with Gasteiger partial charge in [0.2, 0.25) is 0 Å². The first-order chi connectivity index (χ1) is 14.8. The molecule has 8 heteroatoms. The van der Waals surface area contributed by atoms with Gasteiger partial charge in [-0.2, -0.15) is 0 Å². The summed E-state index contributed by atoms with van der Waals surface area (Å²) in [6.45, 7) is 0. The van der Waals surface area contributed by atoms with Crippen LogP contribution in [0.2, 0.25) is 0 Å². The van der Waals surface area contributed by atoms with E-state index in [1.54, 1.807) is 42.5 Å². The Hall–Kier alpha value is -4.22. The molecule has 1 atom stereocenters. The smallest absolute Gasteiger partial charge is 0.296 e. The molecule has 152 valence electrons. The summed E-state index contributed by atoms with van der Waals surface area (Å²) in [5.74, 6) is 7.53. The van der Waals surface area contributed by atoms with Crippen LogP contribution in [0.1, 0.15) is 31.8 Å². The van der Waals surface area contributed by atoms with Crippen molar-refractivity contribution in [1.29, 1.82) is 0 Å². The molecule has 0 saturated carbocycles. The second-order valence-corrected chi connectivity index (χ2v) is 8.70. The number of carbonyl (C=O) groups excluding carboxylic acids is 3. The van der Waals surface area contributed by atoms with Gasteiger partial charge in [-0.25, -0.2) is 4.21 Å². The van der Waals surface area contributed by atoms with Crippen LogP contribution in [-0.4, -0.2) is 32.7 Å². The highest BCUT2D eigenvalue weighted by Crippen LogP contribution is 2.23. The predicted molar refractivity (Wildman–Crippen MR) is 117 cm³/mol. The third kappa shape index (κ3) is 4.22. The zero-order valence-corrected chi connectivity index (χ0v) is 16.9. The summed E-state index contributed by atoms with van der Waals surface area (Å²) in [4.78, 5) is 40.2. The summed E-state index contributed by atoms with van der Waals surface area (Å²) in [6, 6.07) is 14.8. The fraction of sp³-hybridized carbons (Fsp3) is 0. The number of hydrogen-bond donors (Lipinski definition) is 2. The Kier molecular flexibility index (Phi) is 5.11. The Morgan fingerprint density at radius 2 is 1.74 bits per heavy atom. The lowest BCUT2D eigenvalue weighted by atomic mass is 10.1. The molecule has 1 unspecified atom stereocenters. The third-order valence-electron chi connectivity index (χ3n) is 4.45. The van der Waals surface area contributed by atoms with E-state index in [-0.39, 0.29) is 11.1 Å². The van der Waals surface area contributed by atoms with Gasteiger partial charge in [-0.3, -0.25) is 24.1 Å². The number of aromatic nitrogens is 1. The van der Waals surface area contributed by atoms with E-state index in [4.69, 9.17) is 0 Å².